The summed E-state index contributed by atoms with van der Waals surface area (Å²) in [5, 5.41) is 0. The molecule has 8 heteroatoms. The van der Waals surface area contributed by atoms with Crippen LogP contribution in [0, 0.1) is 0 Å². The maximum Gasteiger partial charge on any atom is 0.418 e. The van der Waals surface area contributed by atoms with Gasteiger partial charge in [0.15, 0.2) is 0 Å². The van der Waals surface area contributed by atoms with E-state index in [-0.39, 0.29) is 11.7 Å². The Labute approximate surface area is 158 Å². The van der Waals surface area contributed by atoms with Crippen LogP contribution in [-0.4, -0.2) is 80.1 Å². The quantitative estimate of drug-likeness (QED) is 0.786. The molecule has 3 rings (SSSR count). The number of carbonyl (C=O) groups is 1. The molecule has 150 valence electrons. The number of halogens is 3. The Morgan fingerprint density at radius 3 is 2.04 bits per heavy atom. The summed E-state index contributed by atoms with van der Waals surface area (Å²) in [6.45, 7) is 6.66. The number of urea groups is 1. The molecule has 1 aromatic rings. The fourth-order valence-corrected chi connectivity index (χ4v) is 3.64. The zero-order valence-electron chi connectivity index (χ0n) is 15.9. The van der Waals surface area contributed by atoms with Crippen molar-refractivity contribution >= 4 is 11.7 Å². The molecule has 0 N–H and O–H groups in total. The highest BCUT2D eigenvalue weighted by atomic mass is 19.4. The van der Waals surface area contributed by atoms with Gasteiger partial charge in [-0.2, -0.15) is 13.2 Å². The van der Waals surface area contributed by atoms with Gasteiger partial charge in [0, 0.05) is 58.0 Å². The van der Waals surface area contributed by atoms with Crippen LogP contribution in [0.15, 0.2) is 18.2 Å². The number of aryl methyl sites for hydroxylation is 1. The second kappa shape index (κ2) is 7.96. The lowest BCUT2D eigenvalue weighted by Crippen LogP contribution is -2.56. The van der Waals surface area contributed by atoms with Gasteiger partial charge in [0.25, 0.3) is 0 Å². The van der Waals surface area contributed by atoms with Crippen LogP contribution < -0.4 is 4.90 Å². The van der Waals surface area contributed by atoms with E-state index >= 15 is 0 Å². The van der Waals surface area contributed by atoms with Crippen molar-refractivity contribution < 1.29 is 18.0 Å². The zero-order valence-corrected chi connectivity index (χ0v) is 15.9. The second-order valence-corrected chi connectivity index (χ2v) is 7.25. The maximum atomic E-state index is 13.5. The van der Waals surface area contributed by atoms with Gasteiger partial charge in [0.2, 0.25) is 0 Å². The summed E-state index contributed by atoms with van der Waals surface area (Å²) >= 11 is 0. The van der Waals surface area contributed by atoms with E-state index in [1.54, 1.807) is 21.9 Å². The van der Waals surface area contributed by atoms with Crippen LogP contribution in [0.3, 0.4) is 0 Å². The van der Waals surface area contributed by atoms with Crippen molar-refractivity contribution in [2.24, 2.45) is 0 Å². The number of alkyl halides is 3. The first kappa shape index (κ1) is 19.8. The Hall–Kier alpha value is -1.96. The van der Waals surface area contributed by atoms with E-state index in [9.17, 15) is 18.0 Å². The molecular formula is C19H27F3N4O. The van der Waals surface area contributed by atoms with Crippen LogP contribution >= 0.6 is 0 Å². The topological polar surface area (TPSA) is 30.0 Å². The molecule has 0 radical (unpaired) electrons. The average molecular weight is 384 g/mol. The number of amides is 2. The summed E-state index contributed by atoms with van der Waals surface area (Å²) in [6.07, 6.45) is -3.82. The first-order valence-corrected chi connectivity index (χ1v) is 9.47. The molecule has 0 aromatic heterocycles. The van der Waals surface area contributed by atoms with Crippen LogP contribution in [-0.2, 0) is 12.6 Å². The van der Waals surface area contributed by atoms with Crippen LogP contribution in [0.2, 0.25) is 0 Å². The predicted octanol–water partition coefficient (Wildman–Crippen LogP) is 2.76. The molecule has 2 fully saturated rings. The van der Waals surface area contributed by atoms with E-state index in [0.717, 1.165) is 13.1 Å². The maximum absolute atomic E-state index is 13.5. The van der Waals surface area contributed by atoms with E-state index in [2.05, 4.69) is 4.90 Å². The molecular weight excluding hydrogens is 357 g/mol. The van der Waals surface area contributed by atoms with Crippen LogP contribution in [0.5, 0.6) is 0 Å². The van der Waals surface area contributed by atoms with Crippen molar-refractivity contribution in [1.82, 2.24) is 14.7 Å². The van der Waals surface area contributed by atoms with E-state index in [1.165, 1.54) is 6.07 Å². The summed E-state index contributed by atoms with van der Waals surface area (Å²) < 4.78 is 40.5. The van der Waals surface area contributed by atoms with Crippen molar-refractivity contribution in [3.05, 3.63) is 29.3 Å². The number of benzene rings is 1. The Morgan fingerprint density at radius 2 is 1.52 bits per heavy atom. The number of rotatable bonds is 2. The van der Waals surface area contributed by atoms with Crippen molar-refractivity contribution in [3.63, 3.8) is 0 Å². The predicted molar refractivity (Wildman–Crippen MR) is 99.1 cm³/mol. The normalized spacial score (nSPS) is 19.5. The number of carbonyl (C=O) groups excluding carboxylic acids is 1. The first-order valence-electron chi connectivity index (χ1n) is 9.47. The van der Waals surface area contributed by atoms with E-state index in [0.29, 0.717) is 51.3 Å². The lowest BCUT2D eigenvalue weighted by Gasteiger charge is -2.41. The Kier molecular flexibility index (Phi) is 5.83. The fourth-order valence-electron chi connectivity index (χ4n) is 3.64. The second-order valence-electron chi connectivity index (χ2n) is 7.25. The highest BCUT2D eigenvalue weighted by molar-refractivity contribution is 5.75. The van der Waals surface area contributed by atoms with Gasteiger partial charge in [-0.05, 0) is 31.2 Å². The molecule has 0 aliphatic carbocycles. The molecule has 0 bridgehead atoms. The Bertz CT molecular complexity index is 663. The number of piperazine rings is 2. The summed E-state index contributed by atoms with van der Waals surface area (Å²) in [5.74, 6) is 0. The zero-order chi connectivity index (χ0) is 19.6. The van der Waals surface area contributed by atoms with Crippen LogP contribution in [0.25, 0.3) is 0 Å². The minimum Gasteiger partial charge on any atom is -0.367 e. The lowest BCUT2D eigenvalue weighted by molar-refractivity contribution is -0.137. The highest BCUT2D eigenvalue weighted by Gasteiger charge is 2.36. The monoisotopic (exact) mass is 384 g/mol. The highest BCUT2D eigenvalue weighted by Crippen LogP contribution is 2.37. The van der Waals surface area contributed by atoms with Gasteiger partial charge < -0.3 is 19.6 Å². The SMILES string of the molecule is CCc1ccc(N2CCN(C(=O)N3CCN(C)CC3)CC2)c(C(F)(F)F)c1. The fraction of sp³-hybridized carbons (Fsp3) is 0.632. The number of hydrogen-bond donors (Lipinski definition) is 0. The Balaban J connectivity index is 1.66. The van der Waals surface area contributed by atoms with Crippen LogP contribution in [0.1, 0.15) is 18.1 Å². The van der Waals surface area contributed by atoms with E-state index in [4.69, 9.17) is 0 Å². The van der Waals surface area contributed by atoms with Crippen molar-refractivity contribution in [1.29, 1.82) is 0 Å². The van der Waals surface area contributed by atoms with E-state index < -0.39 is 11.7 Å². The third-order valence-corrected chi connectivity index (χ3v) is 5.44. The molecule has 5 nitrogen and oxygen atoms in total. The van der Waals surface area contributed by atoms with Crippen LogP contribution in [0.4, 0.5) is 23.7 Å². The summed E-state index contributed by atoms with van der Waals surface area (Å²) in [5.41, 5.74) is 0.307. The van der Waals surface area contributed by atoms with Gasteiger partial charge in [-0.1, -0.05) is 13.0 Å². The molecule has 0 atom stereocenters. The molecule has 2 heterocycles. The minimum atomic E-state index is -4.38. The van der Waals surface area contributed by atoms with Gasteiger partial charge in [-0.15, -0.1) is 0 Å². The van der Waals surface area contributed by atoms with Gasteiger partial charge in [-0.25, -0.2) is 4.79 Å². The summed E-state index contributed by atoms with van der Waals surface area (Å²) in [6, 6.07) is 4.57. The standard InChI is InChI=1S/C19H27F3N4O/c1-3-15-4-5-17(16(14-15)19(20,21)22)24-10-12-26(13-11-24)18(27)25-8-6-23(2)7-9-25/h4-5,14H,3,6-13H2,1-2H3. The van der Waals surface area contributed by atoms with Gasteiger partial charge in [0.05, 0.1) is 5.56 Å². The van der Waals surface area contributed by atoms with E-state index in [1.807, 2.05) is 18.9 Å². The molecule has 2 amide bonds. The molecule has 1 aromatic carbocycles. The number of hydrogen-bond acceptors (Lipinski definition) is 3. The molecule has 0 spiro atoms. The third kappa shape index (κ3) is 4.48. The first-order chi connectivity index (χ1) is 12.8. The number of likely N-dealkylation sites (N-methyl/N-ethyl adjacent to an activating group) is 1. The van der Waals surface area contributed by atoms with Crippen molar-refractivity contribution in [2.75, 3.05) is 64.3 Å². The summed E-state index contributed by atoms with van der Waals surface area (Å²) in [7, 11) is 2.03. The largest absolute Gasteiger partial charge is 0.418 e. The van der Waals surface area contributed by atoms with Crippen molar-refractivity contribution in [3.8, 4) is 0 Å². The minimum absolute atomic E-state index is 0.000116. The number of anilines is 1. The molecule has 2 saturated heterocycles. The number of nitrogens with zero attached hydrogens (tertiary/aromatic N) is 4. The molecule has 2 aliphatic rings. The summed E-state index contributed by atoms with van der Waals surface area (Å²) in [4.78, 5) is 20.2. The molecule has 27 heavy (non-hydrogen) atoms. The lowest BCUT2D eigenvalue weighted by atomic mass is 10.0. The third-order valence-electron chi connectivity index (χ3n) is 5.44. The molecule has 2 aliphatic heterocycles. The average Bonchev–Trinajstić information content (AvgIpc) is 2.67. The molecule has 0 saturated carbocycles. The smallest absolute Gasteiger partial charge is 0.367 e. The van der Waals surface area contributed by atoms with Gasteiger partial charge in [-0.3, -0.25) is 0 Å². The Morgan fingerprint density at radius 1 is 0.963 bits per heavy atom. The van der Waals surface area contributed by atoms with Gasteiger partial charge in [0.1, 0.15) is 0 Å². The molecule has 0 unspecified atom stereocenters. The van der Waals surface area contributed by atoms with Gasteiger partial charge >= 0.3 is 12.2 Å². The van der Waals surface area contributed by atoms with Crippen molar-refractivity contribution in [2.45, 2.75) is 19.5 Å².